The summed E-state index contributed by atoms with van der Waals surface area (Å²) in [7, 11) is 0. The molecule has 0 aliphatic heterocycles. The van der Waals surface area contributed by atoms with E-state index in [1.807, 2.05) is 0 Å². The molecule has 0 saturated carbocycles. The number of hydrogen-bond donors (Lipinski definition) is 1. The third-order valence-corrected chi connectivity index (χ3v) is 8.13. The third kappa shape index (κ3) is 34.7. The Labute approximate surface area is 284 Å². The second kappa shape index (κ2) is 37.3. The molecule has 0 aliphatic carbocycles. The normalized spacial score (nSPS) is 12.7. The van der Waals surface area contributed by atoms with Crippen LogP contribution in [0.1, 0.15) is 181 Å². The lowest BCUT2D eigenvalue weighted by atomic mass is 10.0. The van der Waals surface area contributed by atoms with Gasteiger partial charge in [0, 0.05) is 12.8 Å². The number of ether oxygens (including phenoxy) is 2. The van der Waals surface area contributed by atoms with Crippen molar-refractivity contribution < 1.29 is 24.2 Å². The van der Waals surface area contributed by atoms with Crippen molar-refractivity contribution in [2.24, 2.45) is 0 Å². The fourth-order valence-corrected chi connectivity index (χ4v) is 5.19. The highest BCUT2D eigenvalue weighted by molar-refractivity contribution is 5.70. The lowest BCUT2D eigenvalue weighted by molar-refractivity contribution is -0.161. The van der Waals surface area contributed by atoms with Gasteiger partial charge in [-0.3, -0.25) is 9.59 Å². The molecular formula is C41H72O5. The molecule has 0 bridgehead atoms. The summed E-state index contributed by atoms with van der Waals surface area (Å²) in [5.41, 5.74) is 0. The fraction of sp³-hybridized carbons (Fsp3) is 0.756. The van der Waals surface area contributed by atoms with Crippen molar-refractivity contribution in [3.63, 3.8) is 0 Å². The van der Waals surface area contributed by atoms with Gasteiger partial charge in [0.2, 0.25) is 0 Å². The highest BCUT2D eigenvalue weighted by Gasteiger charge is 2.15. The number of rotatable bonds is 34. The number of hydrogen-bond acceptors (Lipinski definition) is 5. The zero-order valence-electron chi connectivity index (χ0n) is 30.1. The van der Waals surface area contributed by atoms with Gasteiger partial charge in [0.15, 0.2) is 6.10 Å². The zero-order valence-corrected chi connectivity index (χ0v) is 30.1. The molecule has 266 valence electrons. The van der Waals surface area contributed by atoms with Gasteiger partial charge in [-0.05, 0) is 51.4 Å². The summed E-state index contributed by atoms with van der Waals surface area (Å²) in [6, 6.07) is 0. The average molecular weight is 645 g/mol. The van der Waals surface area contributed by atoms with Gasteiger partial charge in [-0.1, -0.05) is 165 Å². The summed E-state index contributed by atoms with van der Waals surface area (Å²) in [6.07, 6.45) is 46.0. The second-order valence-electron chi connectivity index (χ2n) is 12.7. The molecule has 0 rings (SSSR count). The van der Waals surface area contributed by atoms with Crippen molar-refractivity contribution in [1.82, 2.24) is 0 Å². The molecule has 0 aliphatic rings. The molecule has 5 heteroatoms. The van der Waals surface area contributed by atoms with Crippen LogP contribution in [0, 0.1) is 0 Å². The Morgan fingerprint density at radius 2 is 0.891 bits per heavy atom. The van der Waals surface area contributed by atoms with Crippen molar-refractivity contribution in [3.05, 3.63) is 48.6 Å². The van der Waals surface area contributed by atoms with E-state index in [9.17, 15) is 14.7 Å². The van der Waals surface area contributed by atoms with Gasteiger partial charge in [-0.25, -0.2) is 0 Å². The first kappa shape index (κ1) is 43.9. The van der Waals surface area contributed by atoms with Gasteiger partial charge in [0.25, 0.3) is 0 Å². The molecule has 5 nitrogen and oxygen atoms in total. The third-order valence-electron chi connectivity index (χ3n) is 8.13. The average Bonchev–Trinajstić information content (AvgIpc) is 3.06. The van der Waals surface area contributed by atoms with Gasteiger partial charge in [-0.15, -0.1) is 0 Å². The van der Waals surface area contributed by atoms with Crippen LogP contribution in [0.4, 0.5) is 0 Å². The first-order valence-electron chi connectivity index (χ1n) is 19.2. The van der Waals surface area contributed by atoms with E-state index in [0.717, 1.165) is 44.9 Å². The molecule has 0 heterocycles. The fourth-order valence-electron chi connectivity index (χ4n) is 5.19. The summed E-state index contributed by atoms with van der Waals surface area (Å²) in [6.45, 7) is 4.06. The largest absolute Gasteiger partial charge is 0.462 e. The lowest BCUT2D eigenvalue weighted by Gasteiger charge is -2.15. The van der Waals surface area contributed by atoms with E-state index in [1.165, 1.54) is 103 Å². The van der Waals surface area contributed by atoms with Gasteiger partial charge < -0.3 is 14.6 Å². The summed E-state index contributed by atoms with van der Waals surface area (Å²) in [5.74, 6) is -0.655. The van der Waals surface area contributed by atoms with Crippen LogP contribution >= 0.6 is 0 Å². The first-order chi connectivity index (χ1) is 22.6. The van der Waals surface area contributed by atoms with Crippen LogP contribution < -0.4 is 0 Å². The molecular weight excluding hydrogens is 572 g/mol. The standard InChI is InChI=1S/C41H72O5/c1-3-5-7-9-11-13-15-17-19-20-22-24-26-28-30-32-34-36-41(44)46-39(37-42)38-45-40(43)35-33-31-29-27-25-23-21-18-16-14-12-10-8-6-4-2/h11,13,17,19,22,24,28,30,39,42H,3-10,12,14-16,18,20-21,23,25-27,29,31-38H2,1-2H3. The number of esters is 2. The Morgan fingerprint density at radius 3 is 1.37 bits per heavy atom. The minimum Gasteiger partial charge on any atom is -0.462 e. The van der Waals surface area contributed by atoms with Crippen LogP contribution in [-0.2, 0) is 19.1 Å². The number of carbonyl (C=O) groups excluding carboxylic acids is 2. The van der Waals surface area contributed by atoms with Crippen LogP contribution in [0.15, 0.2) is 48.6 Å². The van der Waals surface area contributed by atoms with Crippen LogP contribution in [0.5, 0.6) is 0 Å². The summed E-state index contributed by atoms with van der Waals surface area (Å²) < 4.78 is 10.6. The number of allylic oxidation sites excluding steroid dienone is 8. The summed E-state index contributed by atoms with van der Waals surface area (Å²) in [4.78, 5) is 24.2. The van der Waals surface area contributed by atoms with E-state index < -0.39 is 6.10 Å². The number of carbonyl (C=O) groups is 2. The van der Waals surface area contributed by atoms with Crippen LogP contribution in [-0.4, -0.2) is 36.4 Å². The molecule has 46 heavy (non-hydrogen) atoms. The topological polar surface area (TPSA) is 72.8 Å². The van der Waals surface area contributed by atoms with Crippen molar-refractivity contribution >= 4 is 11.9 Å². The van der Waals surface area contributed by atoms with Gasteiger partial charge in [0.1, 0.15) is 6.61 Å². The van der Waals surface area contributed by atoms with Crippen molar-refractivity contribution in [3.8, 4) is 0 Å². The van der Waals surface area contributed by atoms with E-state index in [1.54, 1.807) is 0 Å². The van der Waals surface area contributed by atoms with Gasteiger partial charge in [-0.2, -0.15) is 0 Å². The van der Waals surface area contributed by atoms with Gasteiger partial charge >= 0.3 is 11.9 Å². The summed E-state index contributed by atoms with van der Waals surface area (Å²) in [5, 5.41) is 9.53. The van der Waals surface area contributed by atoms with E-state index in [0.29, 0.717) is 12.8 Å². The number of aliphatic hydroxyl groups excluding tert-OH is 1. The number of unbranched alkanes of at least 4 members (excludes halogenated alkanes) is 18. The Bertz CT molecular complexity index is 782. The maximum absolute atomic E-state index is 12.1. The smallest absolute Gasteiger partial charge is 0.306 e. The molecule has 1 atom stereocenters. The van der Waals surface area contributed by atoms with Crippen LogP contribution in [0.3, 0.4) is 0 Å². The summed E-state index contributed by atoms with van der Waals surface area (Å²) >= 11 is 0. The minimum absolute atomic E-state index is 0.0863. The quantitative estimate of drug-likeness (QED) is 0.0429. The van der Waals surface area contributed by atoms with E-state index in [2.05, 4.69) is 62.5 Å². The molecule has 0 spiro atoms. The Balaban J connectivity index is 3.66. The Kier molecular flexibility index (Phi) is 35.6. The zero-order chi connectivity index (χ0) is 33.6. The van der Waals surface area contributed by atoms with Crippen LogP contribution in [0.25, 0.3) is 0 Å². The van der Waals surface area contributed by atoms with Crippen molar-refractivity contribution in [1.29, 1.82) is 0 Å². The molecule has 0 aromatic rings. The molecule has 0 amide bonds. The molecule has 0 aromatic heterocycles. The maximum atomic E-state index is 12.1. The highest BCUT2D eigenvalue weighted by atomic mass is 16.6. The lowest BCUT2D eigenvalue weighted by Crippen LogP contribution is -2.28. The van der Waals surface area contributed by atoms with E-state index in [4.69, 9.17) is 9.47 Å². The van der Waals surface area contributed by atoms with Gasteiger partial charge in [0.05, 0.1) is 6.61 Å². The molecule has 0 saturated heterocycles. The van der Waals surface area contributed by atoms with E-state index >= 15 is 0 Å². The predicted octanol–water partition coefficient (Wildman–Crippen LogP) is 11.8. The maximum Gasteiger partial charge on any atom is 0.306 e. The Hall–Kier alpha value is -2.14. The molecule has 0 radical (unpaired) electrons. The van der Waals surface area contributed by atoms with Crippen molar-refractivity contribution in [2.75, 3.05) is 13.2 Å². The SMILES string of the molecule is CCCCCC=CCC=CCC=CCC=CCCCC(=O)OC(CO)COC(=O)CCCCCCCCCCCCCCCCC. The number of aliphatic hydroxyl groups is 1. The molecule has 1 unspecified atom stereocenters. The van der Waals surface area contributed by atoms with E-state index in [-0.39, 0.29) is 31.6 Å². The van der Waals surface area contributed by atoms with Crippen LogP contribution in [0.2, 0.25) is 0 Å². The highest BCUT2D eigenvalue weighted by Crippen LogP contribution is 2.14. The minimum atomic E-state index is -0.797. The second-order valence-corrected chi connectivity index (χ2v) is 12.7. The molecule has 0 aromatic carbocycles. The first-order valence-corrected chi connectivity index (χ1v) is 19.2. The Morgan fingerprint density at radius 1 is 0.500 bits per heavy atom. The molecule has 1 N–H and O–H groups in total. The monoisotopic (exact) mass is 645 g/mol. The molecule has 0 fully saturated rings. The predicted molar refractivity (Wildman–Crippen MR) is 196 cm³/mol. The van der Waals surface area contributed by atoms with Crippen molar-refractivity contribution in [2.45, 2.75) is 187 Å².